The molecule has 0 spiro atoms. The lowest BCUT2D eigenvalue weighted by molar-refractivity contribution is -0.135. The van der Waals surface area contributed by atoms with Crippen LogP contribution in [-0.2, 0) is 27.4 Å². The zero-order chi connectivity index (χ0) is 20.1. The number of methoxy groups -OCH3 is 1. The summed E-state index contributed by atoms with van der Waals surface area (Å²) in [5, 5.41) is 0.397. The van der Waals surface area contributed by atoms with Gasteiger partial charge in [0, 0.05) is 6.08 Å². The Bertz CT molecular complexity index is 941. The zero-order valence-electron chi connectivity index (χ0n) is 14.9. The quantitative estimate of drug-likeness (QED) is 0.566. The summed E-state index contributed by atoms with van der Waals surface area (Å²) >= 11 is 1.05. The van der Waals surface area contributed by atoms with Crippen molar-refractivity contribution in [3.63, 3.8) is 0 Å². The molecule has 0 N–H and O–H groups in total. The van der Waals surface area contributed by atoms with Crippen LogP contribution >= 0.6 is 11.8 Å². The van der Waals surface area contributed by atoms with Gasteiger partial charge < -0.3 is 4.74 Å². The van der Waals surface area contributed by atoms with E-state index in [1.54, 1.807) is 24.3 Å². The summed E-state index contributed by atoms with van der Waals surface area (Å²) in [6.07, 6.45) is 1.12. The van der Waals surface area contributed by atoms with E-state index in [0.717, 1.165) is 23.4 Å². The van der Waals surface area contributed by atoms with Crippen molar-refractivity contribution in [1.82, 2.24) is 4.90 Å². The van der Waals surface area contributed by atoms with Crippen LogP contribution in [0.4, 0.5) is 8.78 Å². The van der Waals surface area contributed by atoms with Gasteiger partial charge in [0.2, 0.25) is 0 Å². The average molecular weight is 402 g/mol. The van der Waals surface area contributed by atoms with Crippen molar-refractivity contribution in [3.8, 4) is 0 Å². The SMILES string of the molecule is COC(=O)C=C1SC(=NCc2ccc(F)cc2)N(Cc2ccc(F)cc2)C1=O. The zero-order valence-corrected chi connectivity index (χ0v) is 15.7. The molecular weight excluding hydrogens is 386 g/mol. The molecule has 1 aliphatic heterocycles. The third-order valence-corrected chi connectivity index (χ3v) is 4.95. The van der Waals surface area contributed by atoms with E-state index in [9.17, 15) is 18.4 Å². The molecule has 1 fully saturated rings. The highest BCUT2D eigenvalue weighted by atomic mass is 32.2. The molecule has 0 atom stereocenters. The molecule has 0 unspecified atom stereocenters. The van der Waals surface area contributed by atoms with Crippen LogP contribution in [0, 0.1) is 11.6 Å². The number of thioether (sulfide) groups is 1. The van der Waals surface area contributed by atoms with Gasteiger partial charge in [-0.15, -0.1) is 0 Å². The minimum atomic E-state index is -0.641. The number of carbonyl (C=O) groups excluding carboxylic acids is 2. The van der Waals surface area contributed by atoms with Gasteiger partial charge in [-0.2, -0.15) is 0 Å². The van der Waals surface area contributed by atoms with E-state index in [1.807, 2.05) is 0 Å². The van der Waals surface area contributed by atoms with E-state index >= 15 is 0 Å². The Kier molecular flexibility index (Phi) is 6.20. The molecule has 1 heterocycles. The third-order valence-electron chi connectivity index (χ3n) is 3.90. The topological polar surface area (TPSA) is 59.0 Å². The smallest absolute Gasteiger partial charge is 0.331 e. The van der Waals surface area contributed by atoms with Crippen molar-refractivity contribution in [3.05, 3.63) is 82.3 Å². The molecule has 0 radical (unpaired) electrons. The van der Waals surface area contributed by atoms with Gasteiger partial charge in [0.1, 0.15) is 11.6 Å². The largest absolute Gasteiger partial charge is 0.466 e. The monoisotopic (exact) mass is 402 g/mol. The lowest BCUT2D eigenvalue weighted by atomic mass is 10.2. The maximum absolute atomic E-state index is 13.1. The minimum Gasteiger partial charge on any atom is -0.466 e. The Morgan fingerprint density at radius 3 is 2.21 bits per heavy atom. The molecule has 2 aromatic carbocycles. The summed E-state index contributed by atoms with van der Waals surface area (Å²) in [5.41, 5.74) is 1.48. The summed E-state index contributed by atoms with van der Waals surface area (Å²) in [7, 11) is 1.23. The van der Waals surface area contributed by atoms with Crippen LogP contribution in [0.3, 0.4) is 0 Å². The van der Waals surface area contributed by atoms with E-state index < -0.39 is 11.9 Å². The van der Waals surface area contributed by atoms with E-state index in [-0.39, 0.29) is 29.6 Å². The Balaban J connectivity index is 1.86. The number of hydrogen-bond acceptors (Lipinski definition) is 5. The van der Waals surface area contributed by atoms with E-state index in [2.05, 4.69) is 9.73 Å². The first-order valence-electron chi connectivity index (χ1n) is 8.29. The number of halogens is 2. The lowest BCUT2D eigenvalue weighted by Gasteiger charge is -2.15. The highest BCUT2D eigenvalue weighted by Gasteiger charge is 2.34. The molecule has 0 bridgehead atoms. The summed E-state index contributed by atoms with van der Waals surface area (Å²) in [6, 6.07) is 11.7. The number of amides is 1. The number of nitrogens with zero attached hydrogens (tertiary/aromatic N) is 2. The number of carbonyl (C=O) groups is 2. The predicted octanol–water partition coefficient (Wildman–Crippen LogP) is 3.65. The minimum absolute atomic E-state index is 0.173. The number of rotatable bonds is 5. The number of hydrogen-bond donors (Lipinski definition) is 0. The molecule has 0 aliphatic carbocycles. The number of amidine groups is 1. The molecule has 0 saturated carbocycles. The summed E-state index contributed by atoms with van der Waals surface area (Å²) in [6.45, 7) is 0.411. The van der Waals surface area contributed by atoms with Gasteiger partial charge in [0.05, 0.1) is 25.1 Å². The Labute approximate surface area is 164 Å². The number of aliphatic imine (C=N–C) groups is 1. The van der Waals surface area contributed by atoms with Gasteiger partial charge >= 0.3 is 5.97 Å². The first kappa shape index (κ1) is 19.8. The van der Waals surface area contributed by atoms with Gasteiger partial charge in [-0.25, -0.2) is 13.6 Å². The average Bonchev–Trinajstić information content (AvgIpc) is 2.98. The highest BCUT2D eigenvalue weighted by Crippen LogP contribution is 2.32. The van der Waals surface area contributed by atoms with Gasteiger partial charge in [0.15, 0.2) is 5.17 Å². The number of benzene rings is 2. The van der Waals surface area contributed by atoms with Crippen molar-refractivity contribution in [2.24, 2.45) is 4.99 Å². The molecule has 8 heteroatoms. The second-order valence-electron chi connectivity index (χ2n) is 5.88. The van der Waals surface area contributed by atoms with Crippen LogP contribution in [0.2, 0.25) is 0 Å². The first-order valence-corrected chi connectivity index (χ1v) is 9.10. The van der Waals surface area contributed by atoms with Gasteiger partial charge in [-0.05, 0) is 47.2 Å². The molecule has 1 aliphatic rings. The molecule has 0 aromatic heterocycles. The molecule has 144 valence electrons. The van der Waals surface area contributed by atoms with Crippen molar-refractivity contribution in [2.75, 3.05) is 7.11 Å². The predicted molar refractivity (Wildman–Crippen MR) is 102 cm³/mol. The molecule has 3 rings (SSSR count). The molecule has 1 amide bonds. The van der Waals surface area contributed by atoms with Gasteiger partial charge in [0.25, 0.3) is 5.91 Å². The first-order chi connectivity index (χ1) is 13.5. The fourth-order valence-corrected chi connectivity index (χ4v) is 3.39. The molecule has 1 saturated heterocycles. The number of esters is 1. The van der Waals surface area contributed by atoms with Crippen LogP contribution in [0.1, 0.15) is 11.1 Å². The Hall–Kier alpha value is -3.00. The van der Waals surface area contributed by atoms with Gasteiger partial charge in [-0.1, -0.05) is 24.3 Å². The Morgan fingerprint density at radius 1 is 1.07 bits per heavy atom. The van der Waals surface area contributed by atoms with Crippen molar-refractivity contribution in [2.45, 2.75) is 13.1 Å². The van der Waals surface area contributed by atoms with Crippen molar-refractivity contribution < 1.29 is 23.1 Å². The summed E-state index contributed by atoms with van der Waals surface area (Å²) in [4.78, 5) is 30.3. The second kappa shape index (κ2) is 8.79. The van der Waals surface area contributed by atoms with Crippen LogP contribution < -0.4 is 0 Å². The summed E-state index contributed by atoms with van der Waals surface area (Å²) in [5.74, 6) is -1.75. The molecule has 28 heavy (non-hydrogen) atoms. The molecule has 2 aromatic rings. The standard InChI is InChI=1S/C20H16F2N2O3S/c1-27-18(25)10-17-19(26)24(12-14-4-8-16(22)9-5-14)20(28-17)23-11-13-2-6-15(21)7-3-13/h2-10H,11-12H2,1H3. The summed E-state index contributed by atoms with van der Waals surface area (Å²) < 4.78 is 30.8. The van der Waals surface area contributed by atoms with Gasteiger partial charge in [-0.3, -0.25) is 14.7 Å². The van der Waals surface area contributed by atoms with Crippen LogP contribution in [0.5, 0.6) is 0 Å². The maximum Gasteiger partial charge on any atom is 0.331 e. The molecule has 5 nitrogen and oxygen atoms in total. The van der Waals surface area contributed by atoms with Crippen molar-refractivity contribution >= 4 is 28.8 Å². The van der Waals surface area contributed by atoms with E-state index in [4.69, 9.17) is 0 Å². The van der Waals surface area contributed by atoms with Crippen molar-refractivity contribution in [1.29, 1.82) is 0 Å². The fourth-order valence-electron chi connectivity index (χ4n) is 2.45. The van der Waals surface area contributed by atoms with E-state index in [0.29, 0.717) is 10.7 Å². The van der Waals surface area contributed by atoms with E-state index in [1.165, 1.54) is 36.3 Å². The molecular formula is C20H16F2N2O3S. The van der Waals surface area contributed by atoms with Crippen LogP contribution in [0.25, 0.3) is 0 Å². The van der Waals surface area contributed by atoms with Crippen LogP contribution in [-0.4, -0.2) is 29.1 Å². The number of ether oxygens (including phenoxy) is 1. The lowest BCUT2D eigenvalue weighted by Crippen LogP contribution is -2.28. The maximum atomic E-state index is 13.1. The third kappa shape index (κ3) is 4.83. The van der Waals surface area contributed by atoms with Crippen LogP contribution in [0.15, 0.2) is 64.5 Å². The fraction of sp³-hybridized carbons (Fsp3) is 0.150. The second-order valence-corrected chi connectivity index (χ2v) is 6.89. The Morgan fingerprint density at radius 2 is 1.64 bits per heavy atom. The normalized spacial score (nSPS) is 16.8. The highest BCUT2D eigenvalue weighted by molar-refractivity contribution is 8.18.